The smallest absolute Gasteiger partial charge is 0.0255 e. The van der Waals surface area contributed by atoms with Crippen LogP contribution in [0, 0.1) is 5.92 Å². The van der Waals surface area contributed by atoms with Crippen LogP contribution in [-0.4, -0.2) is 12.6 Å². The molecule has 0 unspecified atom stereocenters. The first-order chi connectivity index (χ1) is 5.83. The Hall–Kier alpha value is -0.300. The zero-order valence-electron chi connectivity index (χ0n) is 8.34. The minimum absolute atomic E-state index is 0.664. The third-order valence-corrected chi connectivity index (χ3v) is 2.48. The van der Waals surface area contributed by atoms with Gasteiger partial charge < -0.3 is 5.32 Å². The van der Waals surface area contributed by atoms with Gasteiger partial charge >= 0.3 is 0 Å². The average molecular weight is 167 g/mol. The summed E-state index contributed by atoms with van der Waals surface area (Å²) in [5, 5.41) is 3.56. The highest BCUT2D eigenvalue weighted by Crippen LogP contribution is 2.16. The van der Waals surface area contributed by atoms with Gasteiger partial charge in [-0.25, -0.2) is 0 Å². The lowest BCUT2D eigenvalue weighted by Crippen LogP contribution is -2.26. The summed E-state index contributed by atoms with van der Waals surface area (Å²) in [6.45, 7) is 5.72. The van der Waals surface area contributed by atoms with Gasteiger partial charge in [-0.05, 0) is 25.3 Å². The predicted molar refractivity (Wildman–Crippen MR) is 54.2 cm³/mol. The first-order valence-electron chi connectivity index (χ1n) is 5.24. The van der Waals surface area contributed by atoms with Crippen molar-refractivity contribution in [3.8, 4) is 0 Å². The molecule has 70 valence electrons. The van der Waals surface area contributed by atoms with E-state index in [1.54, 1.807) is 0 Å². The van der Waals surface area contributed by atoms with Crippen LogP contribution in [0.25, 0.3) is 0 Å². The number of hydrogen-bond acceptors (Lipinski definition) is 1. The zero-order valence-corrected chi connectivity index (χ0v) is 8.34. The molecule has 0 heterocycles. The Bertz CT molecular complexity index is 140. The third-order valence-electron chi connectivity index (χ3n) is 2.48. The van der Waals surface area contributed by atoms with Gasteiger partial charge in [0.05, 0.1) is 0 Å². The van der Waals surface area contributed by atoms with Crippen molar-refractivity contribution >= 4 is 0 Å². The van der Waals surface area contributed by atoms with Crippen molar-refractivity contribution in [2.45, 2.75) is 45.6 Å². The van der Waals surface area contributed by atoms with Gasteiger partial charge in [-0.3, -0.25) is 0 Å². The minimum Gasteiger partial charge on any atom is -0.310 e. The molecule has 0 bridgehead atoms. The van der Waals surface area contributed by atoms with E-state index in [4.69, 9.17) is 0 Å². The molecule has 0 fully saturated rings. The van der Waals surface area contributed by atoms with E-state index in [1.807, 2.05) is 0 Å². The molecule has 0 saturated heterocycles. The Kier molecular flexibility index (Phi) is 4.37. The zero-order chi connectivity index (χ0) is 8.81. The molecule has 0 aromatic rings. The molecule has 0 amide bonds. The largest absolute Gasteiger partial charge is 0.310 e. The van der Waals surface area contributed by atoms with E-state index in [0.717, 1.165) is 5.92 Å². The highest BCUT2D eigenvalue weighted by molar-refractivity contribution is 5.04. The number of unbranched alkanes of at least 4 members (excludes halogenated alkanes) is 2. The molecule has 0 aromatic carbocycles. The second-order valence-corrected chi connectivity index (χ2v) is 3.87. The van der Waals surface area contributed by atoms with Crippen LogP contribution < -0.4 is 5.32 Å². The molecule has 1 rings (SSSR count). The average Bonchev–Trinajstić information content (AvgIpc) is 2.45. The monoisotopic (exact) mass is 167 g/mol. The number of nitrogens with one attached hydrogen (secondary N) is 1. The molecule has 1 N–H and O–H groups in total. The number of hydrogen-bond donors (Lipinski definition) is 1. The lowest BCUT2D eigenvalue weighted by atomic mass is 10.1. The molecule has 0 saturated carbocycles. The van der Waals surface area contributed by atoms with Crippen molar-refractivity contribution in [2.75, 3.05) is 6.54 Å². The van der Waals surface area contributed by atoms with Gasteiger partial charge in [0.15, 0.2) is 0 Å². The Balaban J connectivity index is 1.98. The van der Waals surface area contributed by atoms with Crippen LogP contribution in [-0.2, 0) is 0 Å². The molecule has 1 aliphatic rings. The van der Waals surface area contributed by atoms with E-state index < -0.39 is 0 Å². The summed E-state index contributed by atoms with van der Waals surface area (Å²) in [5.74, 6) is 0.786. The van der Waals surface area contributed by atoms with Crippen molar-refractivity contribution in [1.29, 1.82) is 0 Å². The summed E-state index contributed by atoms with van der Waals surface area (Å²) in [5.41, 5.74) is 0. The van der Waals surface area contributed by atoms with Crippen molar-refractivity contribution in [3.63, 3.8) is 0 Å². The van der Waals surface area contributed by atoms with Crippen molar-refractivity contribution in [3.05, 3.63) is 12.2 Å². The maximum Gasteiger partial charge on any atom is 0.0255 e. The summed E-state index contributed by atoms with van der Waals surface area (Å²) in [4.78, 5) is 0. The van der Waals surface area contributed by atoms with Gasteiger partial charge in [0.25, 0.3) is 0 Å². The first kappa shape index (κ1) is 9.79. The topological polar surface area (TPSA) is 12.0 Å². The van der Waals surface area contributed by atoms with Crippen LogP contribution in [0.3, 0.4) is 0 Å². The van der Waals surface area contributed by atoms with Gasteiger partial charge in [-0.2, -0.15) is 0 Å². The molecular formula is C11H21N. The second kappa shape index (κ2) is 5.36. The highest BCUT2D eigenvalue weighted by Gasteiger charge is 2.13. The highest BCUT2D eigenvalue weighted by atomic mass is 14.9. The summed E-state index contributed by atoms with van der Waals surface area (Å²) in [6.07, 6.45) is 9.94. The van der Waals surface area contributed by atoms with Crippen LogP contribution in [0.2, 0.25) is 0 Å². The van der Waals surface area contributed by atoms with Gasteiger partial charge in [0, 0.05) is 6.04 Å². The molecule has 2 atom stereocenters. The van der Waals surface area contributed by atoms with E-state index in [1.165, 1.54) is 32.2 Å². The molecule has 1 heteroatoms. The normalized spacial score (nSPS) is 28.2. The van der Waals surface area contributed by atoms with Crippen molar-refractivity contribution in [1.82, 2.24) is 5.32 Å². The Morgan fingerprint density at radius 1 is 1.33 bits per heavy atom. The van der Waals surface area contributed by atoms with Crippen molar-refractivity contribution in [2.24, 2.45) is 5.92 Å². The van der Waals surface area contributed by atoms with Gasteiger partial charge in [-0.1, -0.05) is 38.8 Å². The fourth-order valence-electron chi connectivity index (χ4n) is 1.70. The molecular weight excluding hydrogens is 146 g/mol. The van der Waals surface area contributed by atoms with Crippen LogP contribution >= 0.6 is 0 Å². The standard InChI is InChI=1S/C11H21N/c1-3-4-5-8-12-11-7-6-10(2)9-11/h6-7,10-12H,3-5,8-9H2,1-2H3/t10-,11+/m0/s1. The van der Waals surface area contributed by atoms with Gasteiger partial charge in [-0.15, -0.1) is 0 Å². The first-order valence-corrected chi connectivity index (χ1v) is 5.24. The fourth-order valence-corrected chi connectivity index (χ4v) is 1.70. The van der Waals surface area contributed by atoms with Gasteiger partial charge in [0.2, 0.25) is 0 Å². The summed E-state index contributed by atoms with van der Waals surface area (Å²) in [7, 11) is 0. The molecule has 1 aliphatic carbocycles. The Morgan fingerprint density at radius 2 is 2.17 bits per heavy atom. The van der Waals surface area contributed by atoms with Crippen LogP contribution in [0.5, 0.6) is 0 Å². The molecule has 0 spiro atoms. The van der Waals surface area contributed by atoms with Crippen molar-refractivity contribution < 1.29 is 0 Å². The van der Waals surface area contributed by atoms with Crippen LogP contribution in [0.15, 0.2) is 12.2 Å². The maximum absolute atomic E-state index is 3.56. The van der Waals surface area contributed by atoms with Crippen LogP contribution in [0.1, 0.15) is 39.5 Å². The lowest BCUT2D eigenvalue weighted by Gasteiger charge is -2.10. The quantitative estimate of drug-likeness (QED) is 0.490. The summed E-state index contributed by atoms with van der Waals surface area (Å²) < 4.78 is 0. The van der Waals surface area contributed by atoms with Gasteiger partial charge in [0.1, 0.15) is 0 Å². The lowest BCUT2D eigenvalue weighted by molar-refractivity contribution is 0.516. The number of rotatable bonds is 5. The molecule has 1 nitrogen and oxygen atoms in total. The molecule has 0 radical (unpaired) electrons. The predicted octanol–water partition coefficient (Wildman–Crippen LogP) is 2.73. The van der Waals surface area contributed by atoms with E-state index >= 15 is 0 Å². The molecule has 0 aromatic heterocycles. The summed E-state index contributed by atoms with van der Waals surface area (Å²) >= 11 is 0. The maximum atomic E-state index is 3.56. The third kappa shape index (κ3) is 3.40. The Labute approximate surface area is 76.2 Å². The van der Waals surface area contributed by atoms with E-state index in [-0.39, 0.29) is 0 Å². The fraction of sp³-hybridized carbons (Fsp3) is 0.818. The van der Waals surface area contributed by atoms with E-state index in [9.17, 15) is 0 Å². The van der Waals surface area contributed by atoms with E-state index in [2.05, 4.69) is 31.3 Å². The summed E-state index contributed by atoms with van der Waals surface area (Å²) in [6, 6.07) is 0.664. The number of allylic oxidation sites excluding steroid dienone is 1. The molecule has 0 aliphatic heterocycles. The molecule has 12 heavy (non-hydrogen) atoms. The minimum atomic E-state index is 0.664. The second-order valence-electron chi connectivity index (χ2n) is 3.87. The van der Waals surface area contributed by atoms with Crippen LogP contribution in [0.4, 0.5) is 0 Å². The Morgan fingerprint density at radius 3 is 2.75 bits per heavy atom. The SMILES string of the molecule is CCCCCN[C@@H]1C=C[C@H](C)C1. The van der Waals surface area contributed by atoms with E-state index in [0.29, 0.717) is 6.04 Å².